The highest BCUT2D eigenvalue weighted by Crippen LogP contribution is 2.26. The lowest BCUT2D eigenvalue weighted by molar-refractivity contribution is 0.412. The van der Waals surface area contributed by atoms with Gasteiger partial charge < -0.3 is 14.5 Å². The molecule has 1 aromatic heterocycles. The smallest absolute Gasteiger partial charge is 0.465 e. The van der Waals surface area contributed by atoms with E-state index in [0.717, 1.165) is 5.56 Å². The summed E-state index contributed by atoms with van der Waals surface area (Å²) < 4.78 is 19.1. The predicted molar refractivity (Wildman–Crippen MR) is 80.9 cm³/mol. The van der Waals surface area contributed by atoms with Crippen molar-refractivity contribution in [2.75, 3.05) is 0 Å². The van der Waals surface area contributed by atoms with Gasteiger partial charge in [0.25, 0.3) is 0 Å². The fourth-order valence-corrected chi connectivity index (χ4v) is 2.30. The summed E-state index contributed by atoms with van der Waals surface area (Å²) in [5.41, 5.74) is 2.19. The van der Waals surface area contributed by atoms with Crippen LogP contribution in [0.15, 0.2) is 52.1 Å². The van der Waals surface area contributed by atoms with Crippen LogP contribution in [0.1, 0.15) is 5.56 Å². The number of halogens is 1. The molecular formula is C15H11BFNO4. The van der Waals surface area contributed by atoms with Crippen LogP contribution in [0.5, 0.6) is 0 Å². The van der Waals surface area contributed by atoms with Gasteiger partial charge in [0.2, 0.25) is 0 Å². The lowest BCUT2D eigenvalue weighted by Crippen LogP contribution is -2.27. The monoisotopic (exact) mass is 299 g/mol. The van der Waals surface area contributed by atoms with Gasteiger partial charge in [0.05, 0.1) is 0 Å². The molecule has 1 heterocycles. The van der Waals surface area contributed by atoms with Gasteiger partial charge in [-0.3, -0.25) is 0 Å². The first-order valence-electron chi connectivity index (χ1n) is 6.56. The molecule has 3 aromatic rings. The van der Waals surface area contributed by atoms with Crippen LogP contribution in [0.25, 0.3) is 22.1 Å². The zero-order chi connectivity index (χ0) is 15.7. The Morgan fingerprint density at radius 2 is 1.82 bits per heavy atom. The van der Waals surface area contributed by atoms with Gasteiger partial charge >= 0.3 is 7.12 Å². The maximum Gasteiger partial charge on any atom is 0.526 e. The molecule has 0 fully saturated rings. The third-order valence-electron chi connectivity index (χ3n) is 3.41. The summed E-state index contributed by atoms with van der Waals surface area (Å²) in [4.78, 5) is 10.2. The summed E-state index contributed by atoms with van der Waals surface area (Å²) in [6, 6.07) is 11.3. The van der Waals surface area contributed by atoms with E-state index in [0.29, 0.717) is 16.5 Å². The Morgan fingerprint density at radius 3 is 2.50 bits per heavy atom. The lowest BCUT2D eigenvalue weighted by Gasteiger charge is -2.04. The molecule has 0 aliphatic carbocycles. The van der Waals surface area contributed by atoms with Crippen molar-refractivity contribution in [1.82, 2.24) is 0 Å². The third-order valence-corrected chi connectivity index (χ3v) is 3.41. The van der Waals surface area contributed by atoms with E-state index in [-0.39, 0.29) is 17.8 Å². The minimum Gasteiger partial charge on any atom is -0.465 e. The molecule has 5 nitrogen and oxygen atoms in total. The van der Waals surface area contributed by atoms with E-state index in [2.05, 4.69) is 5.18 Å². The second kappa shape index (κ2) is 5.71. The molecule has 0 amide bonds. The standard InChI is InChI=1S/C15H11BFNO4/c17-13-6-10(1-2-11(13)8-18-21)9-3-4-14-12(5-9)7-15(22-14)16(19)20/h1-7,19-20H,8H2. The molecule has 2 N–H and O–H groups in total. The largest absolute Gasteiger partial charge is 0.526 e. The zero-order valence-corrected chi connectivity index (χ0v) is 11.4. The van der Waals surface area contributed by atoms with E-state index in [9.17, 15) is 9.30 Å². The summed E-state index contributed by atoms with van der Waals surface area (Å²) in [5.74, 6) is -0.490. The number of benzene rings is 2. The van der Waals surface area contributed by atoms with E-state index < -0.39 is 12.9 Å². The van der Waals surface area contributed by atoms with E-state index in [4.69, 9.17) is 14.5 Å². The van der Waals surface area contributed by atoms with Crippen molar-refractivity contribution in [3.8, 4) is 11.1 Å². The minimum atomic E-state index is -1.68. The summed E-state index contributed by atoms with van der Waals surface area (Å²) in [6.45, 7) is -0.204. The molecule has 7 heteroatoms. The van der Waals surface area contributed by atoms with E-state index >= 15 is 0 Å². The van der Waals surface area contributed by atoms with Gasteiger partial charge in [0, 0.05) is 10.9 Å². The lowest BCUT2D eigenvalue weighted by atomic mass is 9.88. The van der Waals surface area contributed by atoms with Crippen LogP contribution in [0, 0.1) is 10.7 Å². The van der Waals surface area contributed by atoms with Gasteiger partial charge in [-0.2, -0.15) is 4.91 Å². The molecule has 0 spiro atoms. The molecule has 3 rings (SSSR count). The van der Waals surface area contributed by atoms with Gasteiger partial charge in [-0.25, -0.2) is 4.39 Å². The predicted octanol–water partition coefficient (Wildman–Crippen LogP) is 2.19. The highest BCUT2D eigenvalue weighted by Gasteiger charge is 2.17. The molecule has 0 atom stereocenters. The van der Waals surface area contributed by atoms with Gasteiger partial charge in [-0.1, -0.05) is 23.4 Å². The number of rotatable bonds is 4. The maximum atomic E-state index is 13.9. The van der Waals surface area contributed by atoms with Gasteiger partial charge in [0.1, 0.15) is 23.6 Å². The Kier molecular flexibility index (Phi) is 3.74. The molecule has 0 bridgehead atoms. The highest BCUT2D eigenvalue weighted by atomic mass is 19.1. The first-order valence-corrected chi connectivity index (χ1v) is 6.56. The van der Waals surface area contributed by atoms with Crippen molar-refractivity contribution in [2.24, 2.45) is 5.18 Å². The number of nitrogens with zero attached hydrogens (tertiary/aromatic N) is 1. The fraction of sp³-hybridized carbons (Fsp3) is 0.0667. The summed E-state index contributed by atoms with van der Waals surface area (Å²) >= 11 is 0. The van der Waals surface area contributed by atoms with Gasteiger partial charge in [0.15, 0.2) is 0 Å². The summed E-state index contributed by atoms with van der Waals surface area (Å²) in [6.07, 6.45) is 0. The minimum absolute atomic E-state index is 0.0470. The van der Waals surface area contributed by atoms with Crippen LogP contribution in [0.3, 0.4) is 0 Å². The van der Waals surface area contributed by atoms with Crippen LogP contribution in [-0.4, -0.2) is 17.2 Å². The molecule has 0 saturated carbocycles. The molecule has 0 radical (unpaired) electrons. The fourth-order valence-electron chi connectivity index (χ4n) is 2.30. The Hall–Kier alpha value is -2.51. The van der Waals surface area contributed by atoms with Crippen LogP contribution in [0.2, 0.25) is 0 Å². The Morgan fingerprint density at radius 1 is 1.09 bits per heavy atom. The number of furan rings is 1. The number of nitroso groups, excluding NO2 is 1. The Balaban J connectivity index is 2.02. The Bertz CT molecular complexity index is 847. The van der Waals surface area contributed by atoms with Crippen molar-refractivity contribution in [2.45, 2.75) is 6.54 Å². The first-order chi connectivity index (χ1) is 10.6. The van der Waals surface area contributed by atoms with E-state index in [1.54, 1.807) is 24.3 Å². The van der Waals surface area contributed by atoms with Crippen molar-refractivity contribution >= 4 is 23.7 Å². The normalized spacial score (nSPS) is 10.9. The number of fused-ring (bicyclic) bond motifs is 1. The zero-order valence-electron chi connectivity index (χ0n) is 11.4. The van der Waals surface area contributed by atoms with Crippen molar-refractivity contribution in [3.05, 3.63) is 58.8 Å². The van der Waals surface area contributed by atoms with Gasteiger partial charge in [-0.15, -0.1) is 0 Å². The van der Waals surface area contributed by atoms with Crippen molar-refractivity contribution in [1.29, 1.82) is 0 Å². The molecule has 0 unspecified atom stereocenters. The molecule has 0 aliphatic heterocycles. The van der Waals surface area contributed by atoms with Gasteiger partial charge in [-0.05, 0) is 35.4 Å². The molecule has 22 heavy (non-hydrogen) atoms. The SMILES string of the molecule is O=NCc1ccc(-c2ccc3oc(B(O)O)cc3c2)cc1F. The number of hydrogen-bond donors (Lipinski definition) is 2. The summed E-state index contributed by atoms with van der Waals surface area (Å²) in [7, 11) is -1.68. The van der Waals surface area contributed by atoms with Crippen LogP contribution in [-0.2, 0) is 6.54 Å². The molecule has 110 valence electrons. The third kappa shape index (κ3) is 2.64. The molecular weight excluding hydrogens is 288 g/mol. The van der Waals surface area contributed by atoms with Crippen LogP contribution in [0.4, 0.5) is 4.39 Å². The van der Waals surface area contributed by atoms with E-state index in [1.807, 2.05) is 0 Å². The topological polar surface area (TPSA) is 83.0 Å². The molecule has 0 saturated heterocycles. The maximum absolute atomic E-state index is 13.9. The average molecular weight is 299 g/mol. The summed E-state index contributed by atoms with van der Waals surface area (Å²) in [5, 5.41) is 21.6. The van der Waals surface area contributed by atoms with Crippen LogP contribution < -0.4 is 5.66 Å². The van der Waals surface area contributed by atoms with Crippen molar-refractivity contribution in [3.63, 3.8) is 0 Å². The molecule has 0 aliphatic rings. The Labute approximate surface area is 125 Å². The van der Waals surface area contributed by atoms with Crippen LogP contribution >= 0.6 is 0 Å². The van der Waals surface area contributed by atoms with Crippen molar-refractivity contribution < 1.29 is 18.9 Å². The molecule has 2 aromatic carbocycles. The quantitative estimate of drug-likeness (QED) is 0.571. The first kappa shape index (κ1) is 14.4. The van der Waals surface area contributed by atoms with E-state index in [1.165, 1.54) is 18.2 Å². The average Bonchev–Trinajstić information content (AvgIpc) is 2.93. The second-order valence-corrected chi connectivity index (χ2v) is 4.87. The second-order valence-electron chi connectivity index (χ2n) is 4.87. The number of hydrogen-bond acceptors (Lipinski definition) is 5. The highest BCUT2D eigenvalue weighted by molar-refractivity contribution is 6.57.